The number of carbonyl (C=O) groups excluding carboxylic acids is 2. The van der Waals surface area contributed by atoms with E-state index in [1.807, 2.05) is 0 Å². The molecular weight excluding hydrogens is 264 g/mol. The van der Waals surface area contributed by atoms with Crippen molar-refractivity contribution in [3.63, 3.8) is 0 Å². The van der Waals surface area contributed by atoms with Crippen LogP contribution in [0.2, 0.25) is 0 Å². The van der Waals surface area contributed by atoms with Crippen LogP contribution in [0.1, 0.15) is 17.3 Å². The topological polar surface area (TPSA) is 66.5 Å². The van der Waals surface area contributed by atoms with Crippen molar-refractivity contribution in [1.29, 1.82) is 0 Å². The normalized spacial score (nSPS) is 16.2. The van der Waals surface area contributed by atoms with E-state index in [1.54, 1.807) is 29.2 Å². The van der Waals surface area contributed by atoms with Crippen molar-refractivity contribution in [2.75, 3.05) is 29.9 Å². The number of nitrogens with one attached hydrogen (secondary N) is 1. The van der Waals surface area contributed by atoms with Crippen LogP contribution in [0.4, 0.5) is 5.69 Å². The lowest BCUT2D eigenvalue weighted by Crippen LogP contribution is -2.41. The molecule has 0 atom stereocenters. The molecule has 2 rings (SSSR count). The molecule has 0 aliphatic carbocycles. The van der Waals surface area contributed by atoms with Gasteiger partial charge >= 0.3 is 0 Å². The third-order valence-corrected chi connectivity index (χ3v) is 4.17. The fourth-order valence-electron chi connectivity index (χ4n) is 1.96. The predicted molar refractivity (Wildman–Crippen MR) is 74.5 cm³/mol. The summed E-state index contributed by atoms with van der Waals surface area (Å²) in [5.74, 6) is 0.829. The molecule has 1 N–H and O–H groups in total. The monoisotopic (exact) mass is 280 g/mol. The van der Waals surface area contributed by atoms with Crippen LogP contribution in [-0.2, 0) is 15.6 Å². The molecule has 1 aliphatic rings. The summed E-state index contributed by atoms with van der Waals surface area (Å²) in [4.78, 5) is 25.0. The fraction of sp³-hybridized carbons (Fsp3) is 0.385. The Morgan fingerprint density at radius 2 is 1.95 bits per heavy atom. The lowest BCUT2D eigenvalue weighted by atomic mass is 10.1. The average molecular weight is 280 g/mol. The van der Waals surface area contributed by atoms with Gasteiger partial charge in [-0.2, -0.15) is 0 Å². The summed E-state index contributed by atoms with van der Waals surface area (Å²) in [6.45, 7) is 2.47. The summed E-state index contributed by atoms with van der Waals surface area (Å²) < 4.78 is 11.3. The van der Waals surface area contributed by atoms with Gasteiger partial charge in [0, 0.05) is 53.6 Å². The first-order valence-electron chi connectivity index (χ1n) is 6.08. The van der Waals surface area contributed by atoms with E-state index >= 15 is 0 Å². The van der Waals surface area contributed by atoms with Crippen LogP contribution in [0.5, 0.6) is 0 Å². The summed E-state index contributed by atoms with van der Waals surface area (Å²) in [6.07, 6.45) is 0. The molecule has 1 aromatic carbocycles. The lowest BCUT2D eigenvalue weighted by Gasteiger charge is -2.26. The van der Waals surface area contributed by atoms with E-state index in [2.05, 4.69) is 5.32 Å². The Kier molecular flexibility index (Phi) is 4.31. The van der Waals surface area contributed by atoms with Gasteiger partial charge in [-0.1, -0.05) is 6.07 Å². The average Bonchev–Trinajstić information content (AvgIpc) is 2.38. The van der Waals surface area contributed by atoms with Gasteiger partial charge in [-0.15, -0.1) is 0 Å². The minimum Gasteiger partial charge on any atom is -0.337 e. The van der Waals surface area contributed by atoms with Gasteiger partial charge in [-0.25, -0.2) is 0 Å². The van der Waals surface area contributed by atoms with E-state index in [9.17, 15) is 13.8 Å². The van der Waals surface area contributed by atoms with Crippen LogP contribution in [0.3, 0.4) is 0 Å². The maximum Gasteiger partial charge on any atom is 0.253 e. The second kappa shape index (κ2) is 5.97. The highest BCUT2D eigenvalue weighted by Gasteiger charge is 2.21. The highest BCUT2D eigenvalue weighted by Crippen LogP contribution is 2.14. The number of nitrogens with zero attached hydrogens (tertiary/aromatic N) is 1. The van der Waals surface area contributed by atoms with Gasteiger partial charge in [-0.3, -0.25) is 13.8 Å². The number of hydrogen-bond acceptors (Lipinski definition) is 3. The van der Waals surface area contributed by atoms with Crippen molar-refractivity contribution in [2.24, 2.45) is 0 Å². The fourth-order valence-corrected chi connectivity index (χ4v) is 3.01. The Morgan fingerprint density at radius 3 is 2.58 bits per heavy atom. The number of hydrogen-bond donors (Lipinski definition) is 1. The standard InChI is InChI=1S/C13H16N2O3S/c1-10(16)14-12-4-2-3-11(9-12)13(17)15-5-7-19(18)8-6-15/h2-4,9H,5-8H2,1H3,(H,14,16). The Morgan fingerprint density at radius 1 is 1.26 bits per heavy atom. The van der Waals surface area contributed by atoms with E-state index in [0.29, 0.717) is 35.8 Å². The van der Waals surface area contributed by atoms with Crippen LogP contribution in [0.25, 0.3) is 0 Å². The second-order valence-electron chi connectivity index (χ2n) is 4.40. The predicted octanol–water partition coefficient (Wildman–Crippen LogP) is 0.849. The number of anilines is 1. The van der Waals surface area contributed by atoms with Crippen LogP contribution >= 0.6 is 0 Å². The third kappa shape index (κ3) is 3.64. The summed E-state index contributed by atoms with van der Waals surface area (Å²) in [5.41, 5.74) is 1.15. The van der Waals surface area contributed by atoms with Crippen LogP contribution in [0, 0.1) is 0 Å². The highest BCUT2D eigenvalue weighted by atomic mass is 32.2. The van der Waals surface area contributed by atoms with Crippen molar-refractivity contribution in [3.05, 3.63) is 29.8 Å². The molecule has 102 valence electrons. The molecule has 1 fully saturated rings. The molecule has 1 aliphatic heterocycles. The zero-order chi connectivity index (χ0) is 13.8. The molecule has 0 unspecified atom stereocenters. The van der Waals surface area contributed by atoms with Gasteiger partial charge in [0.15, 0.2) is 0 Å². The van der Waals surface area contributed by atoms with Crippen molar-refractivity contribution in [2.45, 2.75) is 6.92 Å². The summed E-state index contributed by atoms with van der Waals surface area (Å²) >= 11 is 0. The van der Waals surface area contributed by atoms with E-state index in [0.717, 1.165) is 0 Å². The lowest BCUT2D eigenvalue weighted by molar-refractivity contribution is -0.114. The van der Waals surface area contributed by atoms with Crippen molar-refractivity contribution < 1.29 is 13.8 Å². The quantitative estimate of drug-likeness (QED) is 0.873. The van der Waals surface area contributed by atoms with Crippen molar-refractivity contribution in [1.82, 2.24) is 4.90 Å². The Labute approximate surface area is 114 Å². The molecule has 2 amide bonds. The molecule has 1 aromatic rings. The van der Waals surface area contributed by atoms with Crippen LogP contribution < -0.4 is 5.32 Å². The molecular formula is C13H16N2O3S. The van der Waals surface area contributed by atoms with Crippen LogP contribution in [0.15, 0.2) is 24.3 Å². The van der Waals surface area contributed by atoms with E-state index in [4.69, 9.17) is 0 Å². The molecule has 19 heavy (non-hydrogen) atoms. The summed E-state index contributed by atoms with van der Waals surface area (Å²) in [6, 6.07) is 6.86. The van der Waals surface area contributed by atoms with E-state index in [-0.39, 0.29) is 11.8 Å². The molecule has 0 spiro atoms. The minimum absolute atomic E-state index is 0.0797. The zero-order valence-electron chi connectivity index (χ0n) is 10.7. The van der Waals surface area contributed by atoms with Gasteiger partial charge in [0.1, 0.15) is 0 Å². The van der Waals surface area contributed by atoms with Gasteiger partial charge in [0.05, 0.1) is 0 Å². The highest BCUT2D eigenvalue weighted by molar-refractivity contribution is 7.85. The SMILES string of the molecule is CC(=O)Nc1cccc(C(=O)N2CCS(=O)CC2)c1. The first kappa shape index (κ1) is 13.7. The Balaban J connectivity index is 2.10. The van der Waals surface area contributed by atoms with E-state index < -0.39 is 10.8 Å². The number of amides is 2. The largest absolute Gasteiger partial charge is 0.337 e. The Bertz CT molecular complexity index is 520. The van der Waals surface area contributed by atoms with Crippen LogP contribution in [-0.4, -0.2) is 45.5 Å². The molecule has 0 radical (unpaired) electrons. The second-order valence-corrected chi connectivity index (χ2v) is 6.10. The number of carbonyl (C=O) groups is 2. The van der Waals surface area contributed by atoms with Gasteiger partial charge in [0.2, 0.25) is 5.91 Å². The van der Waals surface area contributed by atoms with Crippen molar-refractivity contribution >= 4 is 28.3 Å². The maximum absolute atomic E-state index is 12.3. The first-order chi connectivity index (χ1) is 9.06. The summed E-state index contributed by atoms with van der Waals surface area (Å²) in [7, 11) is -0.797. The molecule has 0 aromatic heterocycles. The maximum atomic E-state index is 12.3. The number of rotatable bonds is 2. The van der Waals surface area contributed by atoms with Gasteiger partial charge in [0.25, 0.3) is 5.91 Å². The van der Waals surface area contributed by atoms with Crippen molar-refractivity contribution in [3.8, 4) is 0 Å². The van der Waals surface area contributed by atoms with E-state index in [1.165, 1.54) is 6.92 Å². The minimum atomic E-state index is -0.797. The first-order valence-corrected chi connectivity index (χ1v) is 7.57. The molecule has 0 saturated carbocycles. The smallest absolute Gasteiger partial charge is 0.253 e. The molecule has 1 saturated heterocycles. The molecule has 0 bridgehead atoms. The molecule has 1 heterocycles. The van der Waals surface area contributed by atoms with Gasteiger partial charge in [-0.05, 0) is 18.2 Å². The molecule has 6 heteroatoms. The van der Waals surface area contributed by atoms with Gasteiger partial charge < -0.3 is 10.2 Å². The molecule has 5 nitrogen and oxygen atoms in total. The Hall–Kier alpha value is -1.69. The summed E-state index contributed by atoms with van der Waals surface area (Å²) in [5, 5.41) is 2.65. The zero-order valence-corrected chi connectivity index (χ0v) is 11.5. The third-order valence-electron chi connectivity index (χ3n) is 2.89. The number of benzene rings is 1.